The number of hydrogen-bond acceptors (Lipinski definition) is 5. The Balaban J connectivity index is 1.87. The highest BCUT2D eigenvalue weighted by Gasteiger charge is 2.31. The average Bonchev–Trinajstić information content (AvgIpc) is 3.23. The maximum absolute atomic E-state index is 12.7. The molecule has 3 rings (SSSR count). The fraction of sp³-hybridized carbons (Fsp3) is 0.412. The minimum absolute atomic E-state index is 0.0616. The molecule has 0 radical (unpaired) electrons. The second kappa shape index (κ2) is 6.57. The van der Waals surface area contributed by atoms with Crippen LogP contribution in [0.4, 0.5) is 0 Å². The molecule has 1 atom stereocenters. The number of likely N-dealkylation sites (tertiary alicyclic amines) is 1. The van der Waals surface area contributed by atoms with Crippen LogP contribution in [0.25, 0.3) is 0 Å². The molecule has 0 aliphatic carbocycles. The van der Waals surface area contributed by atoms with Gasteiger partial charge in [0.05, 0.1) is 11.7 Å². The van der Waals surface area contributed by atoms with Gasteiger partial charge in [-0.25, -0.2) is 4.68 Å². The van der Waals surface area contributed by atoms with Crippen LogP contribution in [0.15, 0.2) is 22.3 Å². The van der Waals surface area contributed by atoms with Crippen LogP contribution < -0.4 is 5.56 Å². The molecule has 7 heteroatoms. The van der Waals surface area contributed by atoms with E-state index in [0.29, 0.717) is 17.8 Å². The predicted molar refractivity (Wildman–Crippen MR) is 90.7 cm³/mol. The minimum Gasteiger partial charge on any atom is -0.333 e. The van der Waals surface area contributed by atoms with Gasteiger partial charge in [-0.1, -0.05) is 6.07 Å². The molecule has 1 aliphatic rings. The molecule has 24 heavy (non-hydrogen) atoms. The number of amides is 1. The molecule has 0 unspecified atom stereocenters. The van der Waals surface area contributed by atoms with Gasteiger partial charge in [-0.3, -0.25) is 9.59 Å². The molecule has 2 aromatic heterocycles. The third kappa shape index (κ3) is 2.85. The standard InChI is InChI=1S/C17H18N4O2S/c1-11-12(2)19-21(17(23)13(11)9-18)10-16(22)20-7-3-5-14(20)15-6-4-8-24-15/h4,6,8,14H,3,5,7,10H2,1-2H3/t14-/m0/s1. The maximum atomic E-state index is 12.7. The Morgan fingerprint density at radius 3 is 2.96 bits per heavy atom. The molecule has 1 amide bonds. The Morgan fingerprint density at radius 1 is 1.50 bits per heavy atom. The quantitative estimate of drug-likeness (QED) is 0.856. The highest BCUT2D eigenvalue weighted by molar-refractivity contribution is 7.10. The molecule has 0 bridgehead atoms. The molecule has 0 spiro atoms. The monoisotopic (exact) mass is 342 g/mol. The Morgan fingerprint density at radius 2 is 2.29 bits per heavy atom. The first-order valence-electron chi connectivity index (χ1n) is 7.84. The zero-order valence-electron chi connectivity index (χ0n) is 13.7. The van der Waals surface area contributed by atoms with Crippen LogP contribution in [0.3, 0.4) is 0 Å². The first-order chi connectivity index (χ1) is 11.5. The van der Waals surface area contributed by atoms with Crippen molar-refractivity contribution in [2.75, 3.05) is 6.54 Å². The van der Waals surface area contributed by atoms with Gasteiger partial charge in [-0.15, -0.1) is 11.3 Å². The van der Waals surface area contributed by atoms with E-state index >= 15 is 0 Å². The molecule has 1 aliphatic heterocycles. The predicted octanol–water partition coefficient (Wildman–Crippen LogP) is 2.16. The summed E-state index contributed by atoms with van der Waals surface area (Å²) in [6.45, 7) is 3.99. The maximum Gasteiger partial charge on any atom is 0.285 e. The van der Waals surface area contributed by atoms with E-state index in [0.717, 1.165) is 17.5 Å². The van der Waals surface area contributed by atoms with Crippen molar-refractivity contribution < 1.29 is 4.79 Å². The molecule has 124 valence electrons. The molecule has 0 N–H and O–H groups in total. The number of nitrogens with zero attached hydrogens (tertiary/aromatic N) is 4. The lowest BCUT2D eigenvalue weighted by Crippen LogP contribution is -2.38. The number of carbonyl (C=O) groups excluding carboxylic acids is 1. The van der Waals surface area contributed by atoms with E-state index in [1.54, 1.807) is 25.2 Å². The molecule has 1 saturated heterocycles. The van der Waals surface area contributed by atoms with Crippen LogP contribution in [0.5, 0.6) is 0 Å². The third-order valence-electron chi connectivity index (χ3n) is 4.48. The average molecular weight is 342 g/mol. The summed E-state index contributed by atoms with van der Waals surface area (Å²) in [6.07, 6.45) is 1.89. The lowest BCUT2D eigenvalue weighted by Gasteiger charge is -2.24. The van der Waals surface area contributed by atoms with Crippen LogP contribution in [0, 0.1) is 25.2 Å². The van der Waals surface area contributed by atoms with Crippen molar-refractivity contribution in [3.63, 3.8) is 0 Å². The second-order valence-corrected chi connectivity index (χ2v) is 6.90. The fourth-order valence-electron chi connectivity index (χ4n) is 3.07. The normalized spacial score (nSPS) is 17.0. The van der Waals surface area contributed by atoms with E-state index in [-0.39, 0.29) is 24.1 Å². The number of rotatable bonds is 3. The number of aromatic nitrogens is 2. The molecule has 2 aromatic rings. The molecule has 3 heterocycles. The van der Waals surface area contributed by atoms with Crippen molar-refractivity contribution >= 4 is 17.2 Å². The van der Waals surface area contributed by atoms with Gasteiger partial charge in [0.1, 0.15) is 18.2 Å². The Labute approximate surface area is 144 Å². The summed E-state index contributed by atoms with van der Waals surface area (Å²) in [5.41, 5.74) is 0.728. The largest absolute Gasteiger partial charge is 0.333 e. The number of nitriles is 1. The summed E-state index contributed by atoms with van der Waals surface area (Å²) < 4.78 is 1.12. The van der Waals surface area contributed by atoms with Crippen LogP contribution in [-0.2, 0) is 11.3 Å². The summed E-state index contributed by atoms with van der Waals surface area (Å²) in [4.78, 5) is 28.0. The Bertz CT molecular complexity index is 864. The van der Waals surface area contributed by atoms with Crippen molar-refractivity contribution in [1.82, 2.24) is 14.7 Å². The topological polar surface area (TPSA) is 79.0 Å². The van der Waals surface area contributed by atoms with Crippen LogP contribution in [-0.4, -0.2) is 27.1 Å². The summed E-state index contributed by atoms with van der Waals surface area (Å²) in [7, 11) is 0. The molecular weight excluding hydrogens is 324 g/mol. The van der Waals surface area contributed by atoms with Gasteiger partial charge in [0.25, 0.3) is 5.56 Å². The summed E-state index contributed by atoms with van der Waals surface area (Å²) in [5, 5.41) is 15.4. The van der Waals surface area contributed by atoms with Gasteiger partial charge in [-0.05, 0) is 43.7 Å². The summed E-state index contributed by atoms with van der Waals surface area (Å²) in [5.74, 6) is -0.132. The summed E-state index contributed by atoms with van der Waals surface area (Å²) in [6, 6.07) is 6.02. The van der Waals surface area contributed by atoms with Crippen LogP contribution in [0.2, 0.25) is 0 Å². The van der Waals surface area contributed by atoms with E-state index in [2.05, 4.69) is 5.10 Å². The molecule has 0 aromatic carbocycles. The van der Waals surface area contributed by atoms with E-state index in [9.17, 15) is 14.9 Å². The lowest BCUT2D eigenvalue weighted by molar-refractivity contribution is -0.133. The van der Waals surface area contributed by atoms with Crippen molar-refractivity contribution in [3.8, 4) is 6.07 Å². The van der Waals surface area contributed by atoms with Crippen LogP contribution in [0.1, 0.15) is 40.6 Å². The van der Waals surface area contributed by atoms with Gasteiger partial charge < -0.3 is 4.90 Å². The van der Waals surface area contributed by atoms with Gasteiger partial charge in [0.2, 0.25) is 5.91 Å². The smallest absolute Gasteiger partial charge is 0.285 e. The third-order valence-corrected chi connectivity index (χ3v) is 5.45. The number of aryl methyl sites for hydroxylation is 1. The highest BCUT2D eigenvalue weighted by atomic mass is 32.1. The van der Waals surface area contributed by atoms with Gasteiger partial charge >= 0.3 is 0 Å². The van der Waals surface area contributed by atoms with Crippen LogP contribution >= 0.6 is 11.3 Å². The van der Waals surface area contributed by atoms with Gasteiger partial charge in [0, 0.05) is 11.4 Å². The zero-order valence-corrected chi connectivity index (χ0v) is 14.5. The van der Waals surface area contributed by atoms with E-state index in [1.807, 2.05) is 28.5 Å². The molecule has 1 fully saturated rings. The van der Waals surface area contributed by atoms with Crippen molar-refractivity contribution in [3.05, 3.63) is 49.6 Å². The number of hydrogen-bond donors (Lipinski definition) is 0. The van der Waals surface area contributed by atoms with Crippen molar-refractivity contribution in [2.24, 2.45) is 0 Å². The second-order valence-electron chi connectivity index (χ2n) is 5.92. The fourth-order valence-corrected chi connectivity index (χ4v) is 3.95. The minimum atomic E-state index is -0.499. The molecule has 0 saturated carbocycles. The zero-order chi connectivity index (χ0) is 17.3. The number of thiophene rings is 1. The highest BCUT2D eigenvalue weighted by Crippen LogP contribution is 2.34. The van der Waals surface area contributed by atoms with E-state index in [1.165, 1.54) is 4.88 Å². The number of carbonyl (C=O) groups is 1. The van der Waals surface area contributed by atoms with E-state index in [4.69, 9.17) is 0 Å². The van der Waals surface area contributed by atoms with E-state index < -0.39 is 5.56 Å². The van der Waals surface area contributed by atoms with Gasteiger partial charge in [0.15, 0.2) is 0 Å². The lowest BCUT2D eigenvalue weighted by atomic mass is 10.1. The SMILES string of the molecule is Cc1nn(CC(=O)N2CCC[C@H]2c2cccs2)c(=O)c(C#N)c1C. The first kappa shape index (κ1) is 16.4. The van der Waals surface area contributed by atoms with Crippen molar-refractivity contribution in [2.45, 2.75) is 39.3 Å². The Hall–Kier alpha value is -2.46. The first-order valence-corrected chi connectivity index (χ1v) is 8.72. The van der Waals surface area contributed by atoms with Crippen molar-refractivity contribution in [1.29, 1.82) is 5.26 Å². The summed E-state index contributed by atoms with van der Waals surface area (Å²) >= 11 is 1.64. The van der Waals surface area contributed by atoms with Gasteiger partial charge in [-0.2, -0.15) is 10.4 Å². The Kier molecular flexibility index (Phi) is 4.49. The molecular formula is C17H18N4O2S. The molecule has 6 nitrogen and oxygen atoms in total.